The van der Waals surface area contributed by atoms with Crippen LogP contribution in [0.15, 0.2) is 54.6 Å². The van der Waals surface area contributed by atoms with Crippen LogP contribution in [0.25, 0.3) is 0 Å². The fraction of sp³-hybridized carbons (Fsp3) is 0.350. The number of carbonyl (C=O) groups is 1. The van der Waals surface area contributed by atoms with E-state index in [9.17, 15) is 14.3 Å². The zero-order valence-electron chi connectivity index (χ0n) is 14.3. The van der Waals surface area contributed by atoms with Crippen molar-refractivity contribution in [1.29, 1.82) is 0 Å². The highest BCUT2D eigenvalue weighted by Crippen LogP contribution is 2.28. The van der Waals surface area contributed by atoms with Crippen LogP contribution in [-0.4, -0.2) is 29.1 Å². The molecule has 2 rings (SSSR count). The summed E-state index contributed by atoms with van der Waals surface area (Å²) in [6, 6.07) is 15.5. The Labute approximate surface area is 142 Å². The van der Waals surface area contributed by atoms with E-state index in [1.165, 1.54) is 12.1 Å². The molecule has 128 valence electrons. The molecule has 1 amide bonds. The van der Waals surface area contributed by atoms with Gasteiger partial charge < -0.3 is 10.0 Å². The van der Waals surface area contributed by atoms with Gasteiger partial charge in [-0.2, -0.15) is 0 Å². The topological polar surface area (TPSA) is 40.5 Å². The molecular weight excluding hydrogens is 305 g/mol. The van der Waals surface area contributed by atoms with Crippen molar-refractivity contribution in [3.05, 3.63) is 71.5 Å². The van der Waals surface area contributed by atoms with Crippen molar-refractivity contribution in [1.82, 2.24) is 4.90 Å². The van der Waals surface area contributed by atoms with Gasteiger partial charge in [-0.25, -0.2) is 4.39 Å². The fourth-order valence-electron chi connectivity index (χ4n) is 2.62. The molecule has 2 unspecified atom stereocenters. The molecule has 0 spiro atoms. The van der Waals surface area contributed by atoms with Crippen molar-refractivity contribution >= 4 is 5.91 Å². The van der Waals surface area contributed by atoms with Crippen LogP contribution in [0.4, 0.5) is 4.39 Å². The number of hydrogen-bond donors (Lipinski definition) is 1. The van der Waals surface area contributed by atoms with Crippen LogP contribution in [0.5, 0.6) is 0 Å². The molecule has 4 heteroatoms. The lowest BCUT2D eigenvalue weighted by Gasteiger charge is -2.30. The number of carbonyl (C=O) groups excluding carboxylic acids is 1. The Kier molecular flexibility index (Phi) is 6.10. The van der Waals surface area contributed by atoms with Gasteiger partial charge in [0.2, 0.25) is 5.91 Å². The van der Waals surface area contributed by atoms with Crippen LogP contribution < -0.4 is 0 Å². The van der Waals surface area contributed by atoms with Crippen LogP contribution in [-0.2, 0) is 4.79 Å². The normalized spacial score (nSPS) is 13.6. The maximum Gasteiger partial charge on any atom is 0.225 e. The number of aliphatic hydroxyl groups is 1. The standard InChI is InChI=1S/C20H24FNO2/c1-14(2)18(23)13-19(24)22(3)20(15-7-5-4-6-8-15)16-9-11-17(21)12-10-16/h4-12,14,18,20,23H,13H2,1-3H3. The number of rotatable bonds is 6. The summed E-state index contributed by atoms with van der Waals surface area (Å²) < 4.78 is 13.3. The highest BCUT2D eigenvalue weighted by Gasteiger charge is 2.25. The molecule has 0 aromatic heterocycles. The number of nitrogens with zero attached hydrogens (tertiary/aromatic N) is 1. The van der Waals surface area contributed by atoms with Gasteiger partial charge in [-0.15, -0.1) is 0 Å². The molecule has 0 aliphatic carbocycles. The molecule has 0 aliphatic rings. The Bertz CT molecular complexity index is 655. The second kappa shape index (κ2) is 8.06. The first-order chi connectivity index (χ1) is 11.4. The second-order valence-electron chi connectivity index (χ2n) is 6.38. The van der Waals surface area contributed by atoms with Gasteiger partial charge in [-0.05, 0) is 29.2 Å². The highest BCUT2D eigenvalue weighted by atomic mass is 19.1. The van der Waals surface area contributed by atoms with Gasteiger partial charge in [0, 0.05) is 7.05 Å². The van der Waals surface area contributed by atoms with Crippen molar-refractivity contribution in [2.75, 3.05) is 7.05 Å². The van der Waals surface area contributed by atoms with Gasteiger partial charge in [-0.3, -0.25) is 4.79 Å². The summed E-state index contributed by atoms with van der Waals surface area (Å²) in [6.45, 7) is 3.76. The maximum atomic E-state index is 13.3. The Morgan fingerprint density at radius 3 is 2.12 bits per heavy atom. The Hall–Kier alpha value is -2.20. The molecule has 0 radical (unpaired) electrons. The molecule has 0 saturated heterocycles. The van der Waals surface area contributed by atoms with E-state index >= 15 is 0 Å². The number of amides is 1. The quantitative estimate of drug-likeness (QED) is 0.876. The Morgan fingerprint density at radius 1 is 1.04 bits per heavy atom. The third kappa shape index (κ3) is 4.42. The minimum atomic E-state index is -0.676. The fourth-order valence-corrected chi connectivity index (χ4v) is 2.62. The van der Waals surface area contributed by atoms with E-state index in [0.717, 1.165) is 11.1 Å². The Balaban J connectivity index is 2.32. The summed E-state index contributed by atoms with van der Waals surface area (Å²) in [4.78, 5) is 14.2. The van der Waals surface area contributed by atoms with Crippen LogP contribution in [0.2, 0.25) is 0 Å². The largest absolute Gasteiger partial charge is 0.392 e. The number of hydrogen-bond acceptors (Lipinski definition) is 2. The van der Waals surface area contributed by atoms with E-state index in [2.05, 4.69) is 0 Å². The first kappa shape index (κ1) is 18.1. The SMILES string of the molecule is CC(C)C(O)CC(=O)N(C)C(c1ccccc1)c1ccc(F)cc1. The minimum Gasteiger partial charge on any atom is -0.392 e. The molecule has 0 heterocycles. The molecule has 24 heavy (non-hydrogen) atoms. The molecule has 0 aliphatic heterocycles. The number of aliphatic hydroxyl groups excluding tert-OH is 1. The van der Waals surface area contributed by atoms with Gasteiger partial charge in [0.05, 0.1) is 18.6 Å². The van der Waals surface area contributed by atoms with Crippen LogP contribution in [0.1, 0.15) is 37.4 Å². The lowest BCUT2D eigenvalue weighted by atomic mass is 9.96. The average Bonchev–Trinajstić information content (AvgIpc) is 2.57. The summed E-state index contributed by atoms with van der Waals surface area (Å²) in [5, 5.41) is 10.0. The summed E-state index contributed by atoms with van der Waals surface area (Å²) in [5.41, 5.74) is 1.77. The second-order valence-corrected chi connectivity index (χ2v) is 6.38. The van der Waals surface area contributed by atoms with E-state index in [1.807, 2.05) is 44.2 Å². The molecule has 3 nitrogen and oxygen atoms in total. The van der Waals surface area contributed by atoms with Crippen molar-refractivity contribution in [2.45, 2.75) is 32.4 Å². The number of benzene rings is 2. The molecule has 2 aromatic carbocycles. The zero-order chi connectivity index (χ0) is 17.7. The molecule has 0 fully saturated rings. The Morgan fingerprint density at radius 2 is 1.58 bits per heavy atom. The van der Waals surface area contributed by atoms with Crippen molar-refractivity contribution in [3.8, 4) is 0 Å². The zero-order valence-corrected chi connectivity index (χ0v) is 14.3. The summed E-state index contributed by atoms with van der Waals surface area (Å²) in [6.07, 6.45) is -0.608. The van der Waals surface area contributed by atoms with E-state index in [4.69, 9.17) is 0 Å². The molecule has 2 atom stereocenters. The minimum absolute atomic E-state index is 0.0170. The average molecular weight is 329 g/mol. The first-order valence-electron chi connectivity index (χ1n) is 8.14. The highest BCUT2D eigenvalue weighted by molar-refractivity contribution is 5.77. The predicted molar refractivity (Wildman–Crippen MR) is 92.9 cm³/mol. The monoisotopic (exact) mass is 329 g/mol. The van der Waals surface area contributed by atoms with E-state index in [1.54, 1.807) is 24.1 Å². The number of halogens is 1. The van der Waals surface area contributed by atoms with Gasteiger partial charge in [-0.1, -0.05) is 56.3 Å². The lowest BCUT2D eigenvalue weighted by Crippen LogP contribution is -2.35. The van der Waals surface area contributed by atoms with Gasteiger partial charge in [0.15, 0.2) is 0 Å². The summed E-state index contributed by atoms with van der Waals surface area (Å²) >= 11 is 0. The third-order valence-electron chi connectivity index (χ3n) is 4.24. The van der Waals surface area contributed by atoms with E-state index in [0.29, 0.717) is 0 Å². The van der Waals surface area contributed by atoms with Crippen molar-refractivity contribution in [2.24, 2.45) is 5.92 Å². The molecule has 1 N–H and O–H groups in total. The van der Waals surface area contributed by atoms with E-state index in [-0.39, 0.29) is 30.1 Å². The van der Waals surface area contributed by atoms with Gasteiger partial charge >= 0.3 is 0 Å². The summed E-state index contributed by atoms with van der Waals surface area (Å²) in [5.74, 6) is -0.438. The van der Waals surface area contributed by atoms with Crippen molar-refractivity contribution in [3.63, 3.8) is 0 Å². The van der Waals surface area contributed by atoms with Crippen LogP contribution >= 0.6 is 0 Å². The van der Waals surface area contributed by atoms with E-state index < -0.39 is 6.10 Å². The molecule has 0 bridgehead atoms. The smallest absolute Gasteiger partial charge is 0.225 e. The molecular formula is C20H24FNO2. The van der Waals surface area contributed by atoms with Crippen LogP contribution in [0, 0.1) is 11.7 Å². The lowest BCUT2D eigenvalue weighted by molar-refractivity contribution is -0.134. The van der Waals surface area contributed by atoms with Crippen LogP contribution in [0.3, 0.4) is 0 Å². The third-order valence-corrected chi connectivity index (χ3v) is 4.24. The maximum absolute atomic E-state index is 13.3. The van der Waals surface area contributed by atoms with Gasteiger partial charge in [0.1, 0.15) is 5.82 Å². The van der Waals surface area contributed by atoms with Crippen molar-refractivity contribution < 1.29 is 14.3 Å². The predicted octanol–water partition coefficient (Wildman–Crippen LogP) is 3.78. The molecule has 0 saturated carbocycles. The molecule has 2 aromatic rings. The first-order valence-corrected chi connectivity index (χ1v) is 8.14. The summed E-state index contributed by atoms with van der Waals surface area (Å²) in [7, 11) is 1.72. The van der Waals surface area contributed by atoms with Gasteiger partial charge in [0.25, 0.3) is 0 Å².